The van der Waals surface area contributed by atoms with Gasteiger partial charge in [0.05, 0.1) is 48.4 Å². The van der Waals surface area contributed by atoms with Gasteiger partial charge >= 0.3 is 12.2 Å². The molecule has 0 fully saturated rings. The lowest BCUT2D eigenvalue weighted by molar-refractivity contribution is 0.156. The predicted octanol–water partition coefficient (Wildman–Crippen LogP) is 5.66. The molecule has 0 spiro atoms. The van der Waals surface area contributed by atoms with Gasteiger partial charge < -0.3 is 20.1 Å². The van der Waals surface area contributed by atoms with Gasteiger partial charge in [-0.25, -0.2) is 19.6 Å². The van der Waals surface area contributed by atoms with Gasteiger partial charge in [0.15, 0.2) is 0 Å². The van der Waals surface area contributed by atoms with Crippen LogP contribution >= 0.6 is 0 Å². The molecule has 2 aromatic heterocycles. The van der Waals surface area contributed by atoms with Gasteiger partial charge in [-0.05, 0) is 65.8 Å². The minimum absolute atomic E-state index is 0.0355. The second-order valence-electron chi connectivity index (χ2n) is 9.53. The Bertz CT molecular complexity index is 1260. The molecule has 0 unspecified atom stereocenters. The summed E-state index contributed by atoms with van der Waals surface area (Å²) in [6.07, 6.45) is 2.19. The van der Waals surface area contributed by atoms with Crippen molar-refractivity contribution in [2.45, 2.75) is 53.6 Å². The molecule has 0 radical (unpaired) electrons. The van der Waals surface area contributed by atoms with Crippen LogP contribution in [0.5, 0.6) is 0 Å². The number of hydrogen-bond donors (Lipinski definition) is 4. The lowest BCUT2D eigenvalue weighted by Crippen LogP contribution is -2.37. The Balaban J connectivity index is 1.66. The van der Waals surface area contributed by atoms with Crippen LogP contribution < -0.4 is 21.3 Å². The number of aromatic nitrogens is 2. The Hall–Kier alpha value is -5.00. The number of nitrogens with zero attached hydrogens (tertiary/aromatic N) is 4. The Morgan fingerprint density at radius 2 is 1.05 bits per heavy atom. The average Bonchev–Trinajstić information content (AvgIpc) is 2.93. The maximum atomic E-state index is 11.8. The van der Waals surface area contributed by atoms with E-state index >= 15 is 0 Å². The summed E-state index contributed by atoms with van der Waals surface area (Å²) >= 11 is 0. The largest absolute Gasteiger partial charge is 0.450 e. The molecule has 2 heterocycles. The van der Waals surface area contributed by atoms with Crippen LogP contribution in [-0.4, -0.2) is 59.4 Å². The second-order valence-corrected chi connectivity index (χ2v) is 9.53. The van der Waals surface area contributed by atoms with Crippen molar-refractivity contribution in [3.8, 4) is 22.5 Å². The first-order chi connectivity index (χ1) is 20.2. The quantitative estimate of drug-likeness (QED) is 0.199. The zero-order valence-corrected chi connectivity index (χ0v) is 24.8. The number of pyridine rings is 2. The molecule has 2 amide bonds. The van der Waals surface area contributed by atoms with Crippen molar-refractivity contribution in [1.82, 2.24) is 20.6 Å². The van der Waals surface area contributed by atoms with Gasteiger partial charge in [-0.15, -0.1) is 0 Å². The van der Waals surface area contributed by atoms with Crippen LogP contribution in [0.1, 0.15) is 41.5 Å². The van der Waals surface area contributed by atoms with E-state index in [0.29, 0.717) is 11.4 Å². The van der Waals surface area contributed by atoms with Crippen LogP contribution in [0.15, 0.2) is 70.9 Å². The molecule has 0 aliphatic heterocycles. The van der Waals surface area contributed by atoms with Crippen molar-refractivity contribution in [3.63, 3.8) is 0 Å². The Kier molecular flexibility index (Phi) is 11.8. The van der Waals surface area contributed by atoms with Crippen molar-refractivity contribution in [2.75, 3.05) is 23.8 Å². The predicted molar refractivity (Wildman–Crippen MR) is 166 cm³/mol. The summed E-state index contributed by atoms with van der Waals surface area (Å²) in [5.74, 6) is 0.574. The molecule has 0 saturated carbocycles. The number of carbonyl (C=O) groups is 2. The Labute approximate surface area is 246 Å². The molecule has 3 aromatic rings. The van der Waals surface area contributed by atoms with Crippen molar-refractivity contribution in [1.29, 1.82) is 0 Å². The van der Waals surface area contributed by atoms with Gasteiger partial charge in [0.1, 0.15) is 0 Å². The van der Waals surface area contributed by atoms with Gasteiger partial charge in [-0.3, -0.25) is 20.6 Å². The summed E-state index contributed by atoms with van der Waals surface area (Å²) in [6, 6.07) is 15.3. The molecule has 3 rings (SSSR count). The molecule has 0 aliphatic carbocycles. The summed E-state index contributed by atoms with van der Waals surface area (Å²) in [5.41, 5.74) is 4.78. The first kappa shape index (κ1) is 31.5. The number of nitrogens with one attached hydrogen (secondary N) is 4. The second kappa shape index (κ2) is 15.7. The minimum Gasteiger partial charge on any atom is -0.450 e. The normalized spacial score (nSPS) is 11.7. The van der Waals surface area contributed by atoms with E-state index in [4.69, 9.17) is 9.47 Å². The Morgan fingerprint density at radius 1 is 0.667 bits per heavy atom. The van der Waals surface area contributed by atoms with Crippen LogP contribution in [0.25, 0.3) is 22.5 Å². The highest BCUT2D eigenvalue weighted by atomic mass is 16.6. The SMILES string of the molecule is CCOC(=O)NC(=NC(C)C)Nc1ccc(-c2ccc(-c3ccc(NC(=NC(C)C)NC(=O)OCC)cn3)cc2)nc1. The number of ether oxygens (including phenoxy) is 2. The van der Waals surface area contributed by atoms with Crippen LogP contribution in [0.4, 0.5) is 21.0 Å². The maximum absolute atomic E-state index is 11.8. The van der Waals surface area contributed by atoms with Crippen molar-refractivity contribution in [3.05, 3.63) is 60.9 Å². The lowest BCUT2D eigenvalue weighted by atomic mass is 10.1. The number of alkyl carbamates (subject to hydrolysis) is 2. The first-order valence-electron chi connectivity index (χ1n) is 13.8. The first-order valence-corrected chi connectivity index (χ1v) is 13.8. The van der Waals surface area contributed by atoms with E-state index in [1.165, 1.54) is 0 Å². The number of benzene rings is 1. The number of guanidine groups is 2. The molecule has 0 atom stereocenters. The van der Waals surface area contributed by atoms with Gasteiger partial charge in [0.2, 0.25) is 11.9 Å². The molecule has 12 heteroatoms. The highest BCUT2D eigenvalue weighted by molar-refractivity contribution is 6.03. The summed E-state index contributed by atoms with van der Waals surface area (Å²) in [4.78, 5) is 41.6. The topological polar surface area (TPSA) is 151 Å². The molecule has 4 N–H and O–H groups in total. The highest BCUT2D eigenvalue weighted by Gasteiger charge is 2.11. The van der Waals surface area contributed by atoms with Gasteiger partial charge in [-0.2, -0.15) is 0 Å². The van der Waals surface area contributed by atoms with Crippen LogP contribution in [0.3, 0.4) is 0 Å². The van der Waals surface area contributed by atoms with Crippen molar-refractivity contribution >= 4 is 35.5 Å². The molecule has 1 aromatic carbocycles. The number of anilines is 2. The van der Waals surface area contributed by atoms with E-state index in [1.807, 2.05) is 76.2 Å². The zero-order valence-electron chi connectivity index (χ0n) is 24.8. The van der Waals surface area contributed by atoms with Crippen LogP contribution in [0, 0.1) is 0 Å². The van der Waals surface area contributed by atoms with E-state index in [1.54, 1.807) is 26.2 Å². The summed E-state index contributed by atoms with van der Waals surface area (Å²) in [6.45, 7) is 11.6. The molecular formula is C30H38N8O4. The fourth-order valence-corrected chi connectivity index (χ4v) is 3.60. The van der Waals surface area contributed by atoms with Crippen LogP contribution in [0.2, 0.25) is 0 Å². The number of carbonyl (C=O) groups excluding carboxylic acids is 2. The third-order valence-electron chi connectivity index (χ3n) is 5.30. The smallest absolute Gasteiger partial charge is 0.413 e. The summed E-state index contributed by atoms with van der Waals surface area (Å²) in [7, 11) is 0. The molecule has 0 bridgehead atoms. The fraction of sp³-hybridized carbons (Fsp3) is 0.333. The van der Waals surface area contributed by atoms with E-state index in [-0.39, 0.29) is 37.2 Å². The number of aliphatic imine (C=N–C) groups is 2. The molecule has 42 heavy (non-hydrogen) atoms. The standard InChI is InChI=1S/C30H38N8O4/c1-7-41-29(39)37-27(33-19(3)4)35-23-13-15-25(31-17-23)21-9-11-22(12-10-21)26-16-14-24(18-32-26)36-28(34-20(5)6)38-30(40)42-8-2/h9-20H,7-8H2,1-6H3,(H2,33,35,37,39)(H2,34,36,38,40). The monoisotopic (exact) mass is 574 g/mol. The average molecular weight is 575 g/mol. The number of hydrogen-bond acceptors (Lipinski definition) is 8. The van der Waals surface area contributed by atoms with E-state index in [0.717, 1.165) is 22.5 Å². The van der Waals surface area contributed by atoms with E-state index in [9.17, 15) is 9.59 Å². The molecule has 0 saturated heterocycles. The zero-order chi connectivity index (χ0) is 30.5. The third-order valence-corrected chi connectivity index (χ3v) is 5.30. The maximum Gasteiger partial charge on any atom is 0.413 e. The van der Waals surface area contributed by atoms with E-state index in [2.05, 4.69) is 41.2 Å². The molecule has 222 valence electrons. The minimum atomic E-state index is -0.579. The molecule has 12 nitrogen and oxygen atoms in total. The number of amides is 2. The van der Waals surface area contributed by atoms with Gasteiger partial charge in [-0.1, -0.05) is 24.3 Å². The van der Waals surface area contributed by atoms with Crippen molar-refractivity contribution < 1.29 is 19.1 Å². The highest BCUT2D eigenvalue weighted by Crippen LogP contribution is 2.24. The molecular weight excluding hydrogens is 536 g/mol. The van der Waals surface area contributed by atoms with Crippen LogP contribution in [-0.2, 0) is 9.47 Å². The fourth-order valence-electron chi connectivity index (χ4n) is 3.60. The summed E-state index contributed by atoms with van der Waals surface area (Å²) < 4.78 is 9.89. The van der Waals surface area contributed by atoms with E-state index < -0.39 is 12.2 Å². The third kappa shape index (κ3) is 10.2. The van der Waals surface area contributed by atoms with Gasteiger partial charge in [0.25, 0.3) is 0 Å². The lowest BCUT2D eigenvalue weighted by Gasteiger charge is -2.13. The molecule has 0 aliphatic rings. The Morgan fingerprint density at radius 3 is 1.33 bits per heavy atom. The van der Waals surface area contributed by atoms with Crippen molar-refractivity contribution in [2.24, 2.45) is 9.98 Å². The number of rotatable bonds is 8. The van der Waals surface area contributed by atoms with Gasteiger partial charge in [0, 0.05) is 23.2 Å². The summed E-state index contributed by atoms with van der Waals surface area (Å²) in [5, 5.41) is 11.4.